The average molecular weight is 874 g/mol. The number of H-pyrrole nitrogens is 1. The predicted octanol–water partition coefficient (Wildman–Crippen LogP) is 3.98. The van der Waals surface area contributed by atoms with E-state index in [0.717, 1.165) is 10.5 Å². The van der Waals surface area contributed by atoms with Crippen LogP contribution in [-0.4, -0.2) is 113 Å². The fraction of sp³-hybridized carbons (Fsp3) is 0.295. The van der Waals surface area contributed by atoms with Gasteiger partial charge in [-0.1, -0.05) is 12.1 Å². The van der Waals surface area contributed by atoms with Crippen molar-refractivity contribution in [3.05, 3.63) is 88.9 Å². The summed E-state index contributed by atoms with van der Waals surface area (Å²) >= 11 is 0. The van der Waals surface area contributed by atoms with Gasteiger partial charge in [0, 0.05) is 57.6 Å². The molecule has 20 heteroatoms. The van der Waals surface area contributed by atoms with Gasteiger partial charge >= 0.3 is 0 Å². The van der Waals surface area contributed by atoms with Gasteiger partial charge in [-0.2, -0.15) is 9.97 Å². The number of nitrogens with zero attached hydrogens (tertiary/aromatic N) is 5. The van der Waals surface area contributed by atoms with Crippen LogP contribution in [0, 0.1) is 5.82 Å². The molecule has 3 aliphatic heterocycles. The van der Waals surface area contributed by atoms with Gasteiger partial charge in [0.05, 0.1) is 47.1 Å². The summed E-state index contributed by atoms with van der Waals surface area (Å²) in [5, 5.41) is 14.7. The van der Waals surface area contributed by atoms with Gasteiger partial charge in [-0.25, -0.2) is 4.39 Å². The number of aromatic nitrogens is 3. The summed E-state index contributed by atoms with van der Waals surface area (Å²) in [6.07, 6.45) is 3.48. The number of ether oxygens (including phenoxy) is 1. The number of unbranched alkanes of at least 4 members (excludes halogenated alkanes) is 1. The van der Waals surface area contributed by atoms with Gasteiger partial charge < -0.3 is 40.8 Å². The first-order valence-electron chi connectivity index (χ1n) is 20.6. The van der Waals surface area contributed by atoms with Gasteiger partial charge in [0.2, 0.25) is 29.6 Å². The van der Waals surface area contributed by atoms with Crippen LogP contribution in [0.4, 0.5) is 38.9 Å². The van der Waals surface area contributed by atoms with Gasteiger partial charge in [-0.05, 0) is 73.7 Å². The Morgan fingerprint density at radius 3 is 2.53 bits per heavy atom. The van der Waals surface area contributed by atoms with Crippen molar-refractivity contribution in [3.63, 3.8) is 0 Å². The third kappa shape index (κ3) is 8.24. The smallest absolute Gasteiger partial charge is 0.264 e. The van der Waals surface area contributed by atoms with E-state index in [4.69, 9.17) is 4.74 Å². The molecule has 1 fully saturated rings. The van der Waals surface area contributed by atoms with Crippen LogP contribution in [0.5, 0.6) is 5.75 Å². The van der Waals surface area contributed by atoms with E-state index in [2.05, 4.69) is 41.5 Å². The van der Waals surface area contributed by atoms with E-state index in [1.54, 1.807) is 48.5 Å². The van der Waals surface area contributed by atoms with Crippen molar-refractivity contribution in [2.24, 2.45) is 0 Å². The fourth-order valence-corrected chi connectivity index (χ4v) is 8.12. The molecule has 8 rings (SSSR count). The molecular formula is C44H44FN11O8. The van der Waals surface area contributed by atoms with Crippen LogP contribution in [0.2, 0.25) is 0 Å². The molecule has 1 saturated heterocycles. The van der Waals surface area contributed by atoms with E-state index in [1.165, 1.54) is 37.3 Å². The Kier molecular flexibility index (Phi) is 11.9. The summed E-state index contributed by atoms with van der Waals surface area (Å²) in [7, 11) is 4.50. The van der Waals surface area contributed by atoms with Crippen molar-refractivity contribution in [3.8, 4) is 5.75 Å². The Morgan fingerprint density at radius 2 is 1.75 bits per heavy atom. The Morgan fingerprint density at radius 1 is 0.953 bits per heavy atom. The largest absolute Gasteiger partial charge is 0.495 e. The second kappa shape index (κ2) is 17.8. The number of fused-ring (bicyclic) bond motifs is 3. The number of benzene rings is 3. The molecule has 64 heavy (non-hydrogen) atoms. The van der Waals surface area contributed by atoms with Gasteiger partial charge in [0.25, 0.3) is 17.7 Å². The highest BCUT2D eigenvalue weighted by molar-refractivity contribution is 6.25. The number of carbonyl (C=O) groups is 7. The van der Waals surface area contributed by atoms with Crippen LogP contribution >= 0.6 is 0 Å². The lowest BCUT2D eigenvalue weighted by Gasteiger charge is -2.27. The molecule has 0 radical (unpaired) electrons. The van der Waals surface area contributed by atoms with Gasteiger partial charge in [-0.15, -0.1) is 0 Å². The minimum absolute atomic E-state index is 0.0226. The first-order chi connectivity index (χ1) is 30.9. The van der Waals surface area contributed by atoms with Crippen molar-refractivity contribution < 1.29 is 42.7 Å². The summed E-state index contributed by atoms with van der Waals surface area (Å²) in [5.74, 6) is -3.28. The third-order valence-corrected chi connectivity index (χ3v) is 11.4. The molecule has 330 valence electrons. The van der Waals surface area contributed by atoms with E-state index in [9.17, 15) is 38.0 Å². The molecule has 6 N–H and O–H groups in total. The third-order valence-electron chi connectivity index (χ3n) is 11.4. The Balaban J connectivity index is 0.879. The Hall–Kier alpha value is -7.90. The summed E-state index contributed by atoms with van der Waals surface area (Å²) in [6, 6.07) is 13.3. The number of anilines is 6. The molecule has 1 unspecified atom stereocenters. The molecule has 0 saturated carbocycles. The first-order valence-corrected chi connectivity index (χ1v) is 20.6. The number of likely N-dealkylation sites (N-methyl/N-ethyl adjacent to an activating group) is 1. The van der Waals surface area contributed by atoms with E-state index in [-0.39, 0.29) is 65.9 Å². The highest BCUT2D eigenvalue weighted by Crippen LogP contribution is 2.39. The molecule has 2 aromatic heterocycles. The zero-order valence-electron chi connectivity index (χ0n) is 35.1. The van der Waals surface area contributed by atoms with Crippen LogP contribution in [0.3, 0.4) is 0 Å². The number of halogens is 1. The first kappa shape index (κ1) is 42.8. The number of imide groups is 2. The number of aromatic amines is 1. The van der Waals surface area contributed by atoms with Gasteiger partial charge in [0.1, 0.15) is 29.1 Å². The van der Waals surface area contributed by atoms with Crippen LogP contribution < -0.4 is 36.2 Å². The van der Waals surface area contributed by atoms with Crippen molar-refractivity contribution in [2.45, 2.75) is 44.6 Å². The lowest BCUT2D eigenvalue weighted by Crippen LogP contribution is -2.54. The molecular weight excluding hydrogens is 830 g/mol. The minimum Gasteiger partial charge on any atom is -0.495 e. The average Bonchev–Trinajstić information content (AvgIpc) is 3.99. The number of amides is 7. The topological polar surface area (TPSA) is 240 Å². The maximum atomic E-state index is 14.8. The summed E-state index contributed by atoms with van der Waals surface area (Å²) in [4.78, 5) is 106. The van der Waals surface area contributed by atoms with Crippen LogP contribution in [0.1, 0.15) is 68.7 Å². The maximum absolute atomic E-state index is 14.8. The molecule has 5 aromatic rings. The van der Waals surface area contributed by atoms with E-state index >= 15 is 0 Å². The highest BCUT2D eigenvalue weighted by Gasteiger charge is 2.45. The van der Waals surface area contributed by atoms with Crippen molar-refractivity contribution in [2.75, 3.05) is 61.7 Å². The van der Waals surface area contributed by atoms with E-state index in [0.29, 0.717) is 72.0 Å². The molecule has 1 atom stereocenters. The zero-order valence-corrected chi connectivity index (χ0v) is 35.1. The fourth-order valence-electron chi connectivity index (χ4n) is 8.12. The molecule has 5 heterocycles. The molecule has 3 aliphatic rings. The van der Waals surface area contributed by atoms with E-state index < -0.39 is 41.4 Å². The molecule has 0 spiro atoms. The second-order valence-electron chi connectivity index (χ2n) is 15.4. The quantitative estimate of drug-likeness (QED) is 0.0646. The lowest BCUT2D eigenvalue weighted by molar-refractivity contribution is -0.136. The van der Waals surface area contributed by atoms with Gasteiger partial charge in [0.15, 0.2) is 0 Å². The number of nitrogens with one attached hydrogen (secondary N) is 6. The maximum Gasteiger partial charge on any atom is 0.264 e. The zero-order chi connectivity index (χ0) is 45.2. The molecule has 3 aromatic carbocycles. The van der Waals surface area contributed by atoms with Crippen molar-refractivity contribution >= 4 is 86.9 Å². The van der Waals surface area contributed by atoms with Crippen molar-refractivity contribution in [1.29, 1.82) is 0 Å². The molecule has 7 amide bonds. The highest BCUT2D eigenvalue weighted by atomic mass is 19.1. The summed E-state index contributed by atoms with van der Waals surface area (Å²) in [6.45, 7) is 0.600. The van der Waals surface area contributed by atoms with Crippen molar-refractivity contribution in [1.82, 2.24) is 35.4 Å². The van der Waals surface area contributed by atoms with Crippen LogP contribution in [-0.2, 0) is 25.6 Å². The number of rotatable bonds is 15. The minimum atomic E-state index is -1.07. The molecule has 0 bridgehead atoms. The second-order valence-corrected chi connectivity index (χ2v) is 15.4. The predicted molar refractivity (Wildman–Crippen MR) is 232 cm³/mol. The van der Waals surface area contributed by atoms with Crippen LogP contribution in [0.25, 0.3) is 11.0 Å². The SMILES string of the molecule is CNC(=O)c1c(F)cccc1Nc1nc(Nc2cc3c(cc2OC)CCN3C(=O)CN(C)C(=O)CCCCNc2cccc3c2C(=O)N(C2CCC(=O)NC2=O)C3=O)nc2[nH]ccc12. The number of hydrogen-bond donors (Lipinski definition) is 6. The van der Waals surface area contributed by atoms with E-state index in [1.807, 2.05) is 6.07 Å². The van der Waals surface area contributed by atoms with Gasteiger partial charge in [-0.3, -0.25) is 43.8 Å². The number of piperidine rings is 1. The monoisotopic (exact) mass is 873 g/mol. The lowest BCUT2D eigenvalue weighted by atomic mass is 10.0. The molecule has 0 aliphatic carbocycles. The summed E-state index contributed by atoms with van der Waals surface area (Å²) in [5.41, 5.74) is 3.17. The summed E-state index contributed by atoms with van der Waals surface area (Å²) < 4.78 is 20.5. The van der Waals surface area contributed by atoms with Crippen LogP contribution in [0.15, 0.2) is 60.8 Å². The Labute approximate surface area is 365 Å². The molecule has 19 nitrogen and oxygen atoms in total. The number of hydrogen-bond acceptors (Lipinski definition) is 13. The normalized spacial score (nSPS) is 15.5. The standard InChI is InChI=1S/C44H44FN11O8/c1-46-41(61)37-26(45)9-7-11-28(37)49-39-25-15-18-48-38(25)52-44(53-39)50-29-21-31-23(20-32(29)64-3)16-19-55(31)35(59)22-54(2)34(58)12-4-5-17-47-27-10-6-8-24-36(27)43(63)56(42(24)62)30-13-14-33(57)51-40(30)60/h6-11,15,18,20-21,30,47H,4-5,12-14,16-17,19,22H2,1-3H3,(H,46,61)(H,51,57,60)(H3,48,49,50,52,53). The number of methoxy groups -OCH3 is 1. The Bertz CT molecular complexity index is 2760. The number of carbonyl (C=O) groups excluding carboxylic acids is 7.